The Morgan fingerprint density at radius 3 is 0.889 bits per heavy atom. The highest BCUT2D eigenvalue weighted by atomic mass is 16.2. The fourth-order valence-electron chi connectivity index (χ4n) is 8.04. The molecule has 0 saturated heterocycles. The Kier molecular flexibility index (Phi) is 45.4. The van der Waals surface area contributed by atoms with Crippen LogP contribution >= 0.6 is 0 Å². The lowest BCUT2D eigenvalue weighted by Gasteiger charge is -2.14. The molecule has 0 aromatic carbocycles. The Bertz CT molecular complexity index is 740. The van der Waals surface area contributed by atoms with Gasteiger partial charge in [-0.3, -0.25) is 9.59 Å². The molecule has 4 nitrogen and oxygen atoms in total. The van der Waals surface area contributed by atoms with Crippen LogP contribution in [0.15, 0.2) is 0 Å². The smallest absolute Gasteiger partial charge is 0.220 e. The molecule has 0 aliphatic rings. The van der Waals surface area contributed by atoms with Crippen LogP contribution in [0.1, 0.15) is 297 Å². The summed E-state index contributed by atoms with van der Waals surface area (Å²) in [7, 11) is 0. The highest BCUT2D eigenvalue weighted by molar-refractivity contribution is 5.76. The van der Waals surface area contributed by atoms with Crippen molar-refractivity contribution in [2.24, 2.45) is 0 Å². The molecule has 1 atom stereocenters. The molecule has 0 rings (SSSR count). The second-order valence-corrected chi connectivity index (χ2v) is 17.5. The average Bonchev–Trinajstić information content (AvgIpc) is 3.16. The van der Waals surface area contributed by atoms with Crippen LogP contribution in [0.2, 0.25) is 0 Å². The van der Waals surface area contributed by atoms with E-state index in [1.807, 2.05) is 0 Å². The normalized spacial score (nSPS) is 12.0. The van der Waals surface area contributed by atoms with Crippen molar-refractivity contribution >= 4 is 11.8 Å². The molecule has 0 unspecified atom stereocenters. The fourth-order valence-corrected chi connectivity index (χ4v) is 8.04. The maximum absolute atomic E-state index is 12.4. The molecule has 2 amide bonds. The van der Waals surface area contributed by atoms with Crippen LogP contribution in [0, 0.1) is 0 Å². The van der Waals surface area contributed by atoms with E-state index in [0.29, 0.717) is 12.8 Å². The van der Waals surface area contributed by atoms with Crippen molar-refractivity contribution in [3.05, 3.63) is 0 Å². The number of carbonyl (C=O) groups is 2. The van der Waals surface area contributed by atoms with Crippen LogP contribution in [0.3, 0.4) is 0 Å². The minimum atomic E-state index is 0.211. The second kappa shape index (κ2) is 46.3. The summed E-state index contributed by atoms with van der Waals surface area (Å²) < 4.78 is 0. The van der Waals surface area contributed by atoms with Gasteiger partial charge in [-0.25, -0.2) is 0 Å². The van der Waals surface area contributed by atoms with Crippen molar-refractivity contribution in [3.63, 3.8) is 0 Å². The molecule has 0 spiro atoms. The van der Waals surface area contributed by atoms with Crippen LogP contribution in [0.25, 0.3) is 0 Å². The predicted octanol–water partition coefficient (Wildman–Crippen LogP) is 16.4. The number of carbonyl (C=O) groups excluding carboxylic acids is 2. The monoisotopic (exact) mass is 761 g/mol. The van der Waals surface area contributed by atoms with E-state index in [9.17, 15) is 9.59 Å². The molecule has 4 heteroatoms. The summed E-state index contributed by atoms with van der Waals surface area (Å²) in [5.74, 6) is 0.422. The van der Waals surface area contributed by atoms with E-state index >= 15 is 0 Å². The van der Waals surface area contributed by atoms with E-state index in [1.54, 1.807) is 0 Å². The average molecular weight is 761 g/mol. The highest BCUT2D eigenvalue weighted by Gasteiger charge is 2.08. The van der Waals surface area contributed by atoms with Crippen molar-refractivity contribution < 1.29 is 9.59 Å². The fraction of sp³-hybridized carbons (Fsp3) is 0.960. The van der Waals surface area contributed by atoms with Crippen LogP contribution in [0.4, 0.5) is 0 Å². The van der Waals surface area contributed by atoms with Gasteiger partial charge >= 0.3 is 0 Å². The largest absolute Gasteiger partial charge is 0.356 e. The lowest BCUT2D eigenvalue weighted by atomic mass is 10.0. The summed E-state index contributed by atoms with van der Waals surface area (Å²) >= 11 is 0. The van der Waals surface area contributed by atoms with Crippen LogP contribution in [-0.4, -0.2) is 24.4 Å². The lowest BCUT2D eigenvalue weighted by molar-refractivity contribution is -0.122. The van der Waals surface area contributed by atoms with Crippen LogP contribution in [0.5, 0.6) is 0 Å². The maximum atomic E-state index is 12.4. The van der Waals surface area contributed by atoms with Crippen LogP contribution in [-0.2, 0) is 9.59 Å². The van der Waals surface area contributed by atoms with E-state index in [1.165, 1.54) is 231 Å². The molecular formula is C50H100N2O2. The predicted molar refractivity (Wildman–Crippen MR) is 240 cm³/mol. The number of hydrogen-bond donors (Lipinski definition) is 2. The molecule has 0 aromatic rings. The molecular weight excluding hydrogens is 661 g/mol. The van der Waals surface area contributed by atoms with Gasteiger partial charge in [-0.15, -0.1) is 0 Å². The number of amides is 2. The van der Waals surface area contributed by atoms with Gasteiger partial charge < -0.3 is 10.6 Å². The minimum absolute atomic E-state index is 0.211. The zero-order chi connectivity index (χ0) is 39.3. The Morgan fingerprint density at radius 2 is 0.593 bits per heavy atom. The van der Waals surface area contributed by atoms with Gasteiger partial charge in [-0.1, -0.05) is 245 Å². The Hall–Kier alpha value is -1.06. The van der Waals surface area contributed by atoms with Gasteiger partial charge in [0.1, 0.15) is 0 Å². The number of rotatable bonds is 46. The summed E-state index contributed by atoms with van der Waals surface area (Å²) in [6.07, 6.45) is 56.7. The molecule has 0 radical (unpaired) electrons. The molecule has 0 aliphatic heterocycles. The third-order valence-electron chi connectivity index (χ3n) is 11.8. The third-order valence-corrected chi connectivity index (χ3v) is 11.8. The van der Waals surface area contributed by atoms with E-state index in [-0.39, 0.29) is 17.9 Å². The van der Waals surface area contributed by atoms with Gasteiger partial charge in [0.2, 0.25) is 11.8 Å². The van der Waals surface area contributed by atoms with Crippen LogP contribution < -0.4 is 10.6 Å². The van der Waals surface area contributed by atoms with Crippen molar-refractivity contribution in [1.29, 1.82) is 0 Å². The first-order chi connectivity index (χ1) is 26.6. The Labute approximate surface area is 340 Å². The minimum Gasteiger partial charge on any atom is -0.356 e. The summed E-state index contributed by atoms with van der Waals surface area (Å²) in [5, 5.41) is 6.30. The first-order valence-electron chi connectivity index (χ1n) is 25.2. The van der Waals surface area contributed by atoms with Gasteiger partial charge in [0.25, 0.3) is 0 Å². The quantitative estimate of drug-likeness (QED) is 0.0607. The van der Waals surface area contributed by atoms with Gasteiger partial charge in [-0.05, 0) is 39.0 Å². The molecule has 0 heterocycles. The zero-order valence-corrected chi connectivity index (χ0v) is 37.5. The molecule has 0 aliphatic carbocycles. The molecule has 322 valence electrons. The van der Waals surface area contributed by atoms with Gasteiger partial charge in [0, 0.05) is 25.4 Å². The van der Waals surface area contributed by atoms with Gasteiger partial charge in [0.15, 0.2) is 0 Å². The van der Waals surface area contributed by atoms with Gasteiger partial charge in [0.05, 0.1) is 0 Å². The van der Waals surface area contributed by atoms with E-state index in [4.69, 9.17) is 0 Å². The van der Waals surface area contributed by atoms with Crippen molar-refractivity contribution in [2.75, 3.05) is 6.54 Å². The lowest BCUT2D eigenvalue weighted by Crippen LogP contribution is -2.32. The summed E-state index contributed by atoms with van der Waals surface area (Å²) in [5.41, 5.74) is 0. The topological polar surface area (TPSA) is 58.2 Å². The Balaban J connectivity index is 3.33. The molecule has 0 fully saturated rings. The van der Waals surface area contributed by atoms with Gasteiger partial charge in [-0.2, -0.15) is 0 Å². The molecule has 54 heavy (non-hydrogen) atoms. The first-order valence-corrected chi connectivity index (χ1v) is 25.2. The summed E-state index contributed by atoms with van der Waals surface area (Å²) in [4.78, 5) is 24.6. The third kappa shape index (κ3) is 45.3. The highest BCUT2D eigenvalue weighted by Crippen LogP contribution is 2.17. The Morgan fingerprint density at radius 1 is 0.333 bits per heavy atom. The SMILES string of the molecule is CCCCCCCCCCCCCCCCCCCCCC(=O)NCCCC[C@@H](C)NC(=O)CCCCCCCCCCCCCCCCCCCCC. The number of hydrogen-bond acceptors (Lipinski definition) is 2. The van der Waals surface area contributed by atoms with Crippen molar-refractivity contribution in [3.8, 4) is 0 Å². The van der Waals surface area contributed by atoms with E-state index in [2.05, 4.69) is 31.4 Å². The number of unbranched alkanes of at least 4 members (excludes halogenated alkanes) is 37. The van der Waals surface area contributed by atoms with Crippen molar-refractivity contribution in [1.82, 2.24) is 10.6 Å². The standard InChI is InChI=1S/C50H100N2O2/c1-4-6-8-10-12-14-16-18-20-22-24-26-28-30-32-34-36-38-40-45-49(53)51-47-43-42-44-48(3)52-50(54)46-41-39-37-35-33-31-29-27-25-23-21-19-17-15-13-11-9-7-5-2/h48H,4-47H2,1-3H3,(H,51,53)(H,52,54)/t48-/m1/s1. The zero-order valence-electron chi connectivity index (χ0n) is 37.5. The molecule has 0 aromatic heterocycles. The molecule has 0 bridgehead atoms. The first kappa shape index (κ1) is 52.9. The van der Waals surface area contributed by atoms with E-state index in [0.717, 1.165) is 38.6 Å². The molecule has 0 saturated carbocycles. The maximum Gasteiger partial charge on any atom is 0.220 e. The van der Waals surface area contributed by atoms with Crippen molar-refractivity contribution in [2.45, 2.75) is 303 Å². The second-order valence-electron chi connectivity index (χ2n) is 17.5. The summed E-state index contributed by atoms with van der Waals surface area (Å²) in [6, 6.07) is 0.220. The molecule has 2 N–H and O–H groups in total. The number of nitrogens with one attached hydrogen (secondary N) is 2. The summed E-state index contributed by atoms with van der Waals surface area (Å²) in [6.45, 7) is 7.47. The van der Waals surface area contributed by atoms with E-state index < -0.39 is 0 Å².